The lowest BCUT2D eigenvalue weighted by molar-refractivity contribution is 0.272. The molecule has 0 aliphatic carbocycles. The van der Waals surface area contributed by atoms with Crippen LogP contribution in [0.15, 0.2) is 36.5 Å². The molecule has 0 aliphatic heterocycles. The molecule has 0 bridgehead atoms. The summed E-state index contributed by atoms with van der Waals surface area (Å²) in [4.78, 5) is 0. The first-order valence-electron chi connectivity index (χ1n) is 8.81. The summed E-state index contributed by atoms with van der Waals surface area (Å²) < 4.78 is 2.04. The summed E-state index contributed by atoms with van der Waals surface area (Å²) in [5.41, 5.74) is 3.55. The standard InChI is InChI=1S/C20H31N3O/c1-15(18-14-23(20(3,4)5)22-16(18)2)21-19(12-9-13-24)17-10-7-6-8-11-17/h6-8,10-11,14-15,19,21,24H,9,12-13H2,1-5H3. The van der Waals surface area contributed by atoms with Gasteiger partial charge in [-0.2, -0.15) is 5.10 Å². The maximum absolute atomic E-state index is 9.21. The Bertz CT molecular complexity index is 628. The third-order valence-corrected chi connectivity index (χ3v) is 4.39. The van der Waals surface area contributed by atoms with E-state index < -0.39 is 0 Å². The minimum absolute atomic E-state index is 0.0154. The Balaban J connectivity index is 2.18. The molecule has 0 saturated heterocycles. The minimum Gasteiger partial charge on any atom is -0.396 e. The van der Waals surface area contributed by atoms with Crippen molar-refractivity contribution < 1.29 is 5.11 Å². The number of nitrogens with zero attached hydrogens (tertiary/aromatic N) is 2. The molecular weight excluding hydrogens is 298 g/mol. The Morgan fingerprint density at radius 2 is 1.88 bits per heavy atom. The summed E-state index contributed by atoms with van der Waals surface area (Å²) in [5, 5.41) is 17.6. The maximum atomic E-state index is 9.21. The van der Waals surface area contributed by atoms with Crippen molar-refractivity contribution in [3.05, 3.63) is 53.3 Å². The zero-order valence-corrected chi connectivity index (χ0v) is 15.6. The smallest absolute Gasteiger partial charge is 0.0641 e. The van der Waals surface area contributed by atoms with Crippen LogP contribution in [0.4, 0.5) is 0 Å². The van der Waals surface area contributed by atoms with Gasteiger partial charge in [-0.25, -0.2) is 0 Å². The van der Waals surface area contributed by atoms with E-state index in [2.05, 4.69) is 75.5 Å². The Hall–Kier alpha value is -1.65. The predicted octanol–water partition coefficient (Wildman–Crippen LogP) is 4.11. The predicted molar refractivity (Wildman–Crippen MR) is 99.0 cm³/mol. The number of hydrogen-bond donors (Lipinski definition) is 2. The summed E-state index contributed by atoms with van der Waals surface area (Å²) in [6.07, 6.45) is 3.86. The number of aliphatic hydroxyl groups excluding tert-OH is 1. The highest BCUT2D eigenvalue weighted by Gasteiger charge is 2.21. The number of aryl methyl sites for hydroxylation is 1. The van der Waals surface area contributed by atoms with Gasteiger partial charge < -0.3 is 10.4 Å². The topological polar surface area (TPSA) is 50.1 Å². The summed E-state index contributed by atoms with van der Waals surface area (Å²) in [6, 6.07) is 10.9. The van der Waals surface area contributed by atoms with Crippen LogP contribution in [0.5, 0.6) is 0 Å². The molecule has 0 radical (unpaired) electrons. The molecule has 2 N–H and O–H groups in total. The van der Waals surface area contributed by atoms with Crippen LogP contribution >= 0.6 is 0 Å². The number of aliphatic hydroxyl groups is 1. The van der Waals surface area contributed by atoms with Crippen molar-refractivity contribution in [2.24, 2.45) is 0 Å². The van der Waals surface area contributed by atoms with Gasteiger partial charge in [0.25, 0.3) is 0 Å². The van der Waals surface area contributed by atoms with E-state index in [9.17, 15) is 5.11 Å². The fourth-order valence-electron chi connectivity index (χ4n) is 2.96. The van der Waals surface area contributed by atoms with Crippen LogP contribution in [-0.4, -0.2) is 21.5 Å². The van der Waals surface area contributed by atoms with Gasteiger partial charge in [-0.15, -0.1) is 0 Å². The quantitative estimate of drug-likeness (QED) is 0.803. The molecule has 2 aromatic rings. The van der Waals surface area contributed by atoms with Gasteiger partial charge in [0.2, 0.25) is 0 Å². The minimum atomic E-state index is -0.0154. The molecule has 1 aromatic carbocycles. The van der Waals surface area contributed by atoms with E-state index in [-0.39, 0.29) is 24.2 Å². The number of aromatic nitrogens is 2. The molecule has 4 heteroatoms. The van der Waals surface area contributed by atoms with E-state index in [0.717, 1.165) is 18.5 Å². The van der Waals surface area contributed by atoms with Gasteiger partial charge in [0.15, 0.2) is 0 Å². The second-order valence-electron chi connectivity index (χ2n) is 7.50. The number of hydrogen-bond acceptors (Lipinski definition) is 3. The van der Waals surface area contributed by atoms with Gasteiger partial charge in [-0.1, -0.05) is 30.3 Å². The van der Waals surface area contributed by atoms with E-state index in [1.807, 2.05) is 10.7 Å². The Kier molecular flexibility index (Phi) is 6.19. The zero-order valence-electron chi connectivity index (χ0n) is 15.6. The second kappa shape index (κ2) is 7.95. The lowest BCUT2D eigenvalue weighted by Gasteiger charge is -2.24. The maximum Gasteiger partial charge on any atom is 0.0641 e. The molecular formula is C20H31N3O. The van der Waals surface area contributed by atoms with E-state index in [1.165, 1.54) is 11.1 Å². The molecule has 0 amide bonds. The van der Waals surface area contributed by atoms with E-state index in [1.54, 1.807) is 0 Å². The van der Waals surface area contributed by atoms with Crippen molar-refractivity contribution in [1.29, 1.82) is 0 Å². The molecule has 2 unspecified atom stereocenters. The summed E-state index contributed by atoms with van der Waals surface area (Å²) >= 11 is 0. The molecule has 2 atom stereocenters. The average Bonchev–Trinajstić information content (AvgIpc) is 2.94. The first-order valence-corrected chi connectivity index (χ1v) is 8.81. The molecule has 132 valence electrons. The van der Waals surface area contributed by atoms with Crippen molar-refractivity contribution in [3.8, 4) is 0 Å². The van der Waals surface area contributed by atoms with Crippen LogP contribution in [0.25, 0.3) is 0 Å². The highest BCUT2D eigenvalue weighted by Crippen LogP contribution is 2.26. The van der Waals surface area contributed by atoms with Crippen molar-refractivity contribution in [3.63, 3.8) is 0 Å². The lowest BCUT2D eigenvalue weighted by Crippen LogP contribution is -2.25. The van der Waals surface area contributed by atoms with Gasteiger partial charge >= 0.3 is 0 Å². The second-order valence-corrected chi connectivity index (χ2v) is 7.50. The zero-order chi connectivity index (χ0) is 17.7. The molecule has 0 aliphatic rings. The molecule has 24 heavy (non-hydrogen) atoms. The molecule has 4 nitrogen and oxygen atoms in total. The third-order valence-electron chi connectivity index (χ3n) is 4.39. The van der Waals surface area contributed by atoms with Crippen molar-refractivity contribution >= 4 is 0 Å². The van der Waals surface area contributed by atoms with E-state index in [0.29, 0.717) is 0 Å². The summed E-state index contributed by atoms with van der Waals surface area (Å²) in [5.74, 6) is 0. The molecule has 0 saturated carbocycles. The van der Waals surface area contributed by atoms with Crippen LogP contribution in [0.2, 0.25) is 0 Å². The Morgan fingerprint density at radius 1 is 1.21 bits per heavy atom. The van der Waals surface area contributed by atoms with Crippen LogP contribution in [-0.2, 0) is 5.54 Å². The first kappa shape index (κ1) is 18.7. The molecule has 1 heterocycles. The van der Waals surface area contributed by atoms with Gasteiger partial charge in [0.1, 0.15) is 0 Å². The molecule has 2 rings (SSSR count). The summed E-state index contributed by atoms with van der Waals surface area (Å²) in [7, 11) is 0. The van der Waals surface area contributed by atoms with Crippen LogP contribution < -0.4 is 5.32 Å². The van der Waals surface area contributed by atoms with Crippen molar-refractivity contribution in [2.45, 2.75) is 65.1 Å². The Labute approximate surface area is 145 Å². The van der Waals surface area contributed by atoms with E-state index >= 15 is 0 Å². The lowest BCUT2D eigenvalue weighted by atomic mass is 9.99. The number of benzene rings is 1. The number of rotatable bonds is 7. The highest BCUT2D eigenvalue weighted by molar-refractivity contribution is 5.23. The summed E-state index contributed by atoms with van der Waals surface area (Å²) in [6.45, 7) is 11.0. The van der Waals surface area contributed by atoms with Crippen LogP contribution in [0.3, 0.4) is 0 Å². The number of nitrogens with one attached hydrogen (secondary N) is 1. The fraction of sp³-hybridized carbons (Fsp3) is 0.550. The van der Waals surface area contributed by atoms with Crippen LogP contribution in [0, 0.1) is 6.92 Å². The van der Waals surface area contributed by atoms with Crippen molar-refractivity contribution in [2.75, 3.05) is 6.61 Å². The van der Waals surface area contributed by atoms with Gasteiger partial charge in [-0.3, -0.25) is 4.68 Å². The third kappa shape index (κ3) is 4.68. The SMILES string of the molecule is Cc1nn(C(C)(C)C)cc1C(C)NC(CCCO)c1ccccc1. The fourth-order valence-corrected chi connectivity index (χ4v) is 2.96. The molecule has 0 spiro atoms. The van der Waals surface area contributed by atoms with Crippen molar-refractivity contribution in [1.82, 2.24) is 15.1 Å². The molecule has 0 fully saturated rings. The molecule has 1 aromatic heterocycles. The Morgan fingerprint density at radius 3 is 2.42 bits per heavy atom. The van der Waals surface area contributed by atoms with Gasteiger partial charge in [-0.05, 0) is 53.0 Å². The average molecular weight is 329 g/mol. The van der Waals surface area contributed by atoms with Crippen LogP contribution in [0.1, 0.15) is 69.4 Å². The van der Waals surface area contributed by atoms with E-state index in [4.69, 9.17) is 0 Å². The normalized spacial score (nSPS) is 14.6. The van der Waals surface area contributed by atoms with Gasteiger partial charge in [0.05, 0.1) is 11.2 Å². The first-order chi connectivity index (χ1) is 11.3. The van der Waals surface area contributed by atoms with Gasteiger partial charge in [0, 0.05) is 30.5 Å². The largest absolute Gasteiger partial charge is 0.396 e. The monoisotopic (exact) mass is 329 g/mol. The highest BCUT2D eigenvalue weighted by atomic mass is 16.2.